The lowest BCUT2D eigenvalue weighted by atomic mass is 9.92. The van der Waals surface area contributed by atoms with E-state index in [0.29, 0.717) is 5.54 Å². The summed E-state index contributed by atoms with van der Waals surface area (Å²) in [6.07, 6.45) is 5.23. The Kier molecular flexibility index (Phi) is 6.02. The summed E-state index contributed by atoms with van der Waals surface area (Å²) in [5.74, 6) is 2.56. The molecule has 0 aromatic carbocycles. The number of thioether (sulfide) groups is 1. The Balaban J connectivity index is 2.58. The van der Waals surface area contributed by atoms with Crippen LogP contribution in [0.3, 0.4) is 0 Å². The molecule has 2 nitrogen and oxygen atoms in total. The molecular formula is C12H26N2S. The van der Waals surface area contributed by atoms with Gasteiger partial charge in [-0.3, -0.25) is 4.90 Å². The molecule has 0 saturated carbocycles. The second-order valence-electron chi connectivity index (χ2n) is 4.52. The molecule has 1 heterocycles. The summed E-state index contributed by atoms with van der Waals surface area (Å²) in [5.41, 5.74) is 6.34. The third kappa shape index (κ3) is 3.36. The zero-order chi connectivity index (χ0) is 11.1. The smallest absolute Gasteiger partial charge is 0.0422 e. The third-order valence-electron chi connectivity index (χ3n) is 3.52. The largest absolute Gasteiger partial charge is 0.329 e. The van der Waals surface area contributed by atoms with Gasteiger partial charge in [-0.25, -0.2) is 0 Å². The van der Waals surface area contributed by atoms with Crippen LogP contribution >= 0.6 is 11.8 Å². The van der Waals surface area contributed by atoms with Crippen LogP contribution in [-0.4, -0.2) is 41.6 Å². The maximum Gasteiger partial charge on any atom is 0.0422 e. The number of rotatable bonds is 6. The van der Waals surface area contributed by atoms with Gasteiger partial charge in [-0.2, -0.15) is 11.8 Å². The van der Waals surface area contributed by atoms with Gasteiger partial charge in [0.2, 0.25) is 0 Å². The lowest BCUT2D eigenvalue weighted by Gasteiger charge is -2.45. The molecular weight excluding hydrogens is 204 g/mol. The summed E-state index contributed by atoms with van der Waals surface area (Å²) in [5, 5.41) is 0. The molecule has 0 bridgehead atoms. The maximum atomic E-state index is 6.03. The predicted molar refractivity (Wildman–Crippen MR) is 70.5 cm³/mol. The number of unbranched alkanes of at least 4 members (excludes halogenated alkanes) is 1. The summed E-state index contributed by atoms with van der Waals surface area (Å²) >= 11 is 2.08. The van der Waals surface area contributed by atoms with Crippen molar-refractivity contribution in [3.8, 4) is 0 Å². The van der Waals surface area contributed by atoms with Crippen molar-refractivity contribution in [1.29, 1.82) is 0 Å². The van der Waals surface area contributed by atoms with Crippen molar-refractivity contribution in [3.63, 3.8) is 0 Å². The van der Waals surface area contributed by atoms with Gasteiger partial charge in [0.05, 0.1) is 0 Å². The minimum absolute atomic E-state index is 0.312. The number of nitrogens with two attached hydrogens (primary N) is 1. The lowest BCUT2D eigenvalue weighted by molar-refractivity contribution is 0.107. The molecule has 1 aliphatic heterocycles. The first-order valence-electron chi connectivity index (χ1n) is 6.32. The summed E-state index contributed by atoms with van der Waals surface area (Å²) in [4.78, 5) is 2.63. The van der Waals surface area contributed by atoms with E-state index in [4.69, 9.17) is 5.73 Å². The van der Waals surface area contributed by atoms with Gasteiger partial charge >= 0.3 is 0 Å². The van der Waals surface area contributed by atoms with E-state index in [1.54, 1.807) is 0 Å². The van der Waals surface area contributed by atoms with Crippen LogP contribution in [0.4, 0.5) is 0 Å². The van der Waals surface area contributed by atoms with E-state index in [-0.39, 0.29) is 0 Å². The number of likely N-dealkylation sites (N-methyl/N-ethyl adjacent to an activating group) is 1. The summed E-state index contributed by atoms with van der Waals surface area (Å²) in [7, 11) is 0. The highest BCUT2D eigenvalue weighted by Gasteiger charge is 2.35. The van der Waals surface area contributed by atoms with Gasteiger partial charge in [-0.05, 0) is 38.1 Å². The Morgan fingerprint density at radius 2 is 2.20 bits per heavy atom. The van der Waals surface area contributed by atoms with Gasteiger partial charge in [0.15, 0.2) is 0 Å². The van der Waals surface area contributed by atoms with E-state index in [2.05, 4.69) is 30.5 Å². The maximum absolute atomic E-state index is 6.03. The van der Waals surface area contributed by atoms with E-state index in [9.17, 15) is 0 Å². The van der Waals surface area contributed by atoms with Crippen LogP contribution in [0.2, 0.25) is 0 Å². The monoisotopic (exact) mass is 230 g/mol. The molecule has 1 unspecified atom stereocenters. The minimum Gasteiger partial charge on any atom is -0.329 e. The second kappa shape index (κ2) is 6.77. The lowest BCUT2D eigenvalue weighted by Crippen LogP contribution is -2.57. The first kappa shape index (κ1) is 13.3. The van der Waals surface area contributed by atoms with Crippen LogP contribution in [0.25, 0.3) is 0 Å². The average molecular weight is 230 g/mol. The highest BCUT2D eigenvalue weighted by molar-refractivity contribution is 7.99. The first-order chi connectivity index (χ1) is 7.29. The SMILES string of the molecule is CCCCN(CC)C1(CN)CCCSC1. The number of nitrogens with zero attached hydrogens (tertiary/aromatic N) is 1. The van der Waals surface area contributed by atoms with Crippen molar-refractivity contribution in [2.24, 2.45) is 5.73 Å². The Morgan fingerprint density at radius 1 is 1.40 bits per heavy atom. The van der Waals surface area contributed by atoms with E-state index < -0.39 is 0 Å². The van der Waals surface area contributed by atoms with Gasteiger partial charge < -0.3 is 5.73 Å². The van der Waals surface area contributed by atoms with Crippen molar-refractivity contribution >= 4 is 11.8 Å². The Labute approximate surface area is 99.0 Å². The van der Waals surface area contributed by atoms with E-state index in [1.165, 1.54) is 43.7 Å². The van der Waals surface area contributed by atoms with Gasteiger partial charge in [0.25, 0.3) is 0 Å². The first-order valence-corrected chi connectivity index (χ1v) is 7.47. The van der Waals surface area contributed by atoms with Crippen molar-refractivity contribution < 1.29 is 0 Å². The zero-order valence-corrected chi connectivity index (χ0v) is 11.1. The molecule has 0 spiro atoms. The van der Waals surface area contributed by atoms with Crippen LogP contribution in [0.15, 0.2) is 0 Å². The molecule has 2 N–H and O–H groups in total. The van der Waals surface area contributed by atoms with Gasteiger partial charge in [0, 0.05) is 17.8 Å². The standard InChI is InChI=1S/C12H26N2S/c1-3-5-8-14(4-2)12(10-13)7-6-9-15-11-12/h3-11,13H2,1-2H3. The highest BCUT2D eigenvalue weighted by Crippen LogP contribution is 2.31. The van der Waals surface area contributed by atoms with Crippen LogP contribution in [0.1, 0.15) is 39.5 Å². The summed E-state index contributed by atoms with van der Waals surface area (Å²) in [6.45, 7) is 7.74. The molecule has 0 radical (unpaired) electrons. The quantitative estimate of drug-likeness (QED) is 0.759. The highest BCUT2D eigenvalue weighted by atomic mass is 32.2. The third-order valence-corrected chi connectivity index (χ3v) is 4.83. The van der Waals surface area contributed by atoms with E-state index in [1.807, 2.05) is 0 Å². The molecule has 3 heteroatoms. The van der Waals surface area contributed by atoms with Crippen LogP contribution < -0.4 is 5.73 Å². The predicted octanol–water partition coefficient (Wildman–Crippen LogP) is 2.33. The van der Waals surface area contributed by atoms with E-state index >= 15 is 0 Å². The van der Waals surface area contributed by atoms with Crippen molar-refractivity contribution in [2.75, 3.05) is 31.1 Å². The molecule has 1 atom stereocenters. The molecule has 90 valence electrons. The number of hydrogen-bond donors (Lipinski definition) is 1. The zero-order valence-electron chi connectivity index (χ0n) is 10.3. The topological polar surface area (TPSA) is 29.3 Å². The van der Waals surface area contributed by atoms with Crippen molar-refractivity contribution in [3.05, 3.63) is 0 Å². The van der Waals surface area contributed by atoms with Crippen molar-refractivity contribution in [1.82, 2.24) is 4.90 Å². The van der Waals surface area contributed by atoms with Crippen LogP contribution in [-0.2, 0) is 0 Å². The number of hydrogen-bond acceptors (Lipinski definition) is 3. The molecule has 1 fully saturated rings. The molecule has 1 rings (SSSR count). The van der Waals surface area contributed by atoms with Crippen molar-refractivity contribution in [2.45, 2.75) is 45.1 Å². The van der Waals surface area contributed by atoms with E-state index in [0.717, 1.165) is 13.1 Å². The summed E-state index contributed by atoms with van der Waals surface area (Å²) < 4.78 is 0. The molecule has 1 aliphatic rings. The molecule has 0 aromatic rings. The Morgan fingerprint density at radius 3 is 2.67 bits per heavy atom. The average Bonchev–Trinajstić information content (AvgIpc) is 2.31. The molecule has 1 saturated heterocycles. The fourth-order valence-corrected chi connectivity index (χ4v) is 3.77. The Hall–Kier alpha value is 0.270. The second-order valence-corrected chi connectivity index (χ2v) is 5.62. The fraction of sp³-hybridized carbons (Fsp3) is 1.00. The molecule has 0 aromatic heterocycles. The van der Waals surface area contributed by atoms with Crippen LogP contribution in [0.5, 0.6) is 0 Å². The fourth-order valence-electron chi connectivity index (χ4n) is 2.46. The normalized spacial score (nSPS) is 27.2. The molecule has 0 amide bonds. The molecule has 0 aliphatic carbocycles. The van der Waals surface area contributed by atoms with Gasteiger partial charge in [-0.15, -0.1) is 0 Å². The summed E-state index contributed by atoms with van der Waals surface area (Å²) in [6, 6.07) is 0. The van der Waals surface area contributed by atoms with Crippen LogP contribution in [0, 0.1) is 0 Å². The van der Waals surface area contributed by atoms with Gasteiger partial charge in [-0.1, -0.05) is 20.3 Å². The Bertz CT molecular complexity index is 167. The minimum atomic E-state index is 0.312. The molecule has 15 heavy (non-hydrogen) atoms. The van der Waals surface area contributed by atoms with Gasteiger partial charge in [0.1, 0.15) is 0 Å².